The van der Waals surface area contributed by atoms with Gasteiger partial charge in [0.05, 0.1) is 0 Å². The molecule has 90 valence electrons. The number of oxime groups is 1. The zero-order valence-corrected chi connectivity index (χ0v) is 10.9. The third-order valence-electron chi connectivity index (χ3n) is 1.68. The van der Waals surface area contributed by atoms with Gasteiger partial charge >= 0.3 is 0 Å². The maximum absolute atomic E-state index is 10.0. The van der Waals surface area contributed by atoms with E-state index in [9.17, 15) is 4.89 Å². The molecule has 0 fully saturated rings. The molecule has 17 heavy (non-hydrogen) atoms. The Morgan fingerprint density at radius 2 is 2.18 bits per heavy atom. The Morgan fingerprint density at radius 1 is 1.53 bits per heavy atom. The van der Waals surface area contributed by atoms with Gasteiger partial charge in [0.1, 0.15) is 0 Å². The van der Waals surface area contributed by atoms with Crippen molar-refractivity contribution >= 4 is 29.5 Å². The van der Waals surface area contributed by atoms with Crippen LogP contribution in [0.3, 0.4) is 0 Å². The lowest BCUT2D eigenvalue weighted by Gasteiger charge is -2.15. The van der Waals surface area contributed by atoms with E-state index in [0.29, 0.717) is 5.30 Å². The van der Waals surface area contributed by atoms with Crippen molar-refractivity contribution in [1.82, 2.24) is 0 Å². The van der Waals surface area contributed by atoms with E-state index < -0.39 is 6.49 Å². The van der Waals surface area contributed by atoms with Gasteiger partial charge in [-0.25, -0.2) is 0 Å². The summed E-state index contributed by atoms with van der Waals surface area (Å²) in [5.41, 5.74) is 0. The van der Waals surface area contributed by atoms with Crippen LogP contribution in [-0.4, -0.2) is 17.4 Å². The Morgan fingerprint density at radius 3 is 2.76 bits per heavy atom. The molecule has 1 unspecified atom stereocenters. The number of hydrogen-bond acceptors (Lipinski definition) is 4. The van der Waals surface area contributed by atoms with Crippen molar-refractivity contribution in [1.29, 1.82) is 0 Å². The van der Waals surface area contributed by atoms with Gasteiger partial charge in [-0.3, -0.25) is 0 Å². The predicted molar refractivity (Wildman–Crippen MR) is 71.6 cm³/mol. The first-order valence-corrected chi connectivity index (χ1v) is 7.41. The Labute approximate surface area is 105 Å². The highest BCUT2D eigenvalue weighted by Crippen LogP contribution is 2.41. The summed E-state index contributed by atoms with van der Waals surface area (Å²) >= 11 is 5.03. The van der Waals surface area contributed by atoms with Crippen LogP contribution in [0.5, 0.6) is 0 Å². The van der Waals surface area contributed by atoms with Crippen molar-refractivity contribution in [3.63, 3.8) is 0 Å². The van der Waals surface area contributed by atoms with Gasteiger partial charge in [-0.15, -0.1) is 6.42 Å². The van der Waals surface area contributed by atoms with Crippen LogP contribution in [0.4, 0.5) is 0 Å². The molecule has 0 spiro atoms. The SMILES string of the molecule is C#CCON=C(C)OP(O)(=S)c1ccccc1. The molecule has 1 aromatic carbocycles. The molecule has 0 aliphatic heterocycles. The quantitative estimate of drug-likeness (QED) is 0.225. The van der Waals surface area contributed by atoms with E-state index in [4.69, 9.17) is 27.6 Å². The van der Waals surface area contributed by atoms with Crippen LogP contribution in [-0.2, 0) is 21.2 Å². The van der Waals surface area contributed by atoms with Crippen molar-refractivity contribution in [2.45, 2.75) is 6.92 Å². The molecule has 0 heterocycles. The number of nitrogens with zero attached hydrogens (tertiary/aromatic N) is 1. The lowest BCUT2D eigenvalue weighted by atomic mass is 10.4. The third-order valence-corrected chi connectivity index (χ3v) is 4.00. The Kier molecular flexibility index (Phi) is 5.17. The predicted octanol–water partition coefficient (Wildman–Crippen LogP) is 1.61. The minimum atomic E-state index is -3.08. The van der Waals surface area contributed by atoms with Gasteiger partial charge in [0, 0.05) is 12.2 Å². The van der Waals surface area contributed by atoms with Gasteiger partial charge in [-0.1, -0.05) is 29.3 Å². The van der Waals surface area contributed by atoms with E-state index in [2.05, 4.69) is 11.1 Å². The van der Waals surface area contributed by atoms with Crippen LogP contribution in [0.1, 0.15) is 6.92 Å². The first kappa shape index (κ1) is 13.7. The average molecular weight is 269 g/mol. The third kappa shape index (κ3) is 4.58. The molecule has 0 saturated heterocycles. The van der Waals surface area contributed by atoms with E-state index in [1.54, 1.807) is 24.3 Å². The maximum atomic E-state index is 10.0. The van der Waals surface area contributed by atoms with Gasteiger partial charge in [0.15, 0.2) is 6.61 Å². The fourth-order valence-electron chi connectivity index (χ4n) is 1.03. The van der Waals surface area contributed by atoms with Crippen LogP contribution in [0.25, 0.3) is 0 Å². The van der Waals surface area contributed by atoms with Gasteiger partial charge in [0.2, 0.25) is 5.90 Å². The van der Waals surface area contributed by atoms with E-state index in [0.717, 1.165) is 0 Å². The average Bonchev–Trinajstić information content (AvgIpc) is 2.30. The number of benzene rings is 1. The second-order valence-corrected chi connectivity index (χ2v) is 6.26. The monoisotopic (exact) mass is 269 g/mol. The zero-order valence-electron chi connectivity index (χ0n) is 9.24. The summed E-state index contributed by atoms with van der Waals surface area (Å²) < 4.78 is 5.21. The summed E-state index contributed by atoms with van der Waals surface area (Å²) in [5, 5.41) is 4.13. The summed E-state index contributed by atoms with van der Waals surface area (Å²) in [7, 11) is 0. The molecule has 1 rings (SSSR count). The summed E-state index contributed by atoms with van der Waals surface area (Å²) in [4.78, 5) is 14.8. The van der Waals surface area contributed by atoms with Gasteiger partial charge in [0.25, 0.3) is 6.49 Å². The van der Waals surface area contributed by atoms with Gasteiger partial charge in [-0.05, 0) is 23.9 Å². The molecule has 0 aliphatic rings. The van der Waals surface area contributed by atoms with Crippen molar-refractivity contribution in [3.05, 3.63) is 30.3 Å². The van der Waals surface area contributed by atoms with Crippen LogP contribution >= 0.6 is 6.49 Å². The van der Waals surface area contributed by atoms with Gasteiger partial charge in [-0.2, -0.15) is 0 Å². The highest BCUT2D eigenvalue weighted by Gasteiger charge is 2.18. The lowest BCUT2D eigenvalue weighted by Crippen LogP contribution is -2.09. The second kappa shape index (κ2) is 6.41. The largest absolute Gasteiger partial charge is 0.423 e. The summed E-state index contributed by atoms with van der Waals surface area (Å²) in [6.07, 6.45) is 4.98. The normalized spacial score (nSPS) is 14.5. The molecule has 4 nitrogen and oxygen atoms in total. The van der Waals surface area contributed by atoms with Crippen LogP contribution < -0.4 is 5.30 Å². The standard InChI is InChI=1S/C11H12NO3PS/c1-3-9-14-12-10(2)15-16(13,17)11-7-5-4-6-8-11/h1,4-8H,9H2,2H3,(H,13,17). The summed E-state index contributed by atoms with van der Waals surface area (Å²) in [6.45, 7) is -1.50. The van der Waals surface area contributed by atoms with Crippen molar-refractivity contribution in [2.75, 3.05) is 6.61 Å². The number of rotatable bonds is 4. The van der Waals surface area contributed by atoms with Gasteiger partial charge < -0.3 is 14.3 Å². The fourth-order valence-corrected chi connectivity index (χ4v) is 2.76. The highest BCUT2D eigenvalue weighted by molar-refractivity contribution is 8.13. The summed E-state index contributed by atoms with van der Waals surface area (Å²) in [6, 6.07) is 8.79. The molecule has 0 radical (unpaired) electrons. The Balaban J connectivity index is 2.71. The first-order valence-electron chi connectivity index (χ1n) is 4.74. The van der Waals surface area contributed by atoms with Crippen LogP contribution in [0.2, 0.25) is 0 Å². The van der Waals surface area contributed by atoms with E-state index in [1.807, 2.05) is 6.07 Å². The van der Waals surface area contributed by atoms with Crippen LogP contribution in [0, 0.1) is 12.3 Å². The zero-order chi connectivity index (χ0) is 12.7. The van der Waals surface area contributed by atoms with E-state index in [1.165, 1.54) is 6.92 Å². The molecule has 0 bridgehead atoms. The molecular formula is C11H12NO3PS. The molecule has 0 aromatic heterocycles. The van der Waals surface area contributed by atoms with E-state index >= 15 is 0 Å². The minimum absolute atomic E-state index is 0.0420. The molecule has 0 amide bonds. The first-order chi connectivity index (χ1) is 8.06. The fraction of sp³-hybridized carbons (Fsp3) is 0.182. The minimum Gasteiger partial charge on any atom is -0.423 e. The molecule has 6 heteroatoms. The van der Waals surface area contributed by atoms with E-state index in [-0.39, 0.29) is 12.5 Å². The molecule has 1 aromatic rings. The second-order valence-electron chi connectivity index (χ2n) is 3.04. The van der Waals surface area contributed by atoms with Crippen molar-refractivity contribution < 1.29 is 14.3 Å². The summed E-state index contributed by atoms with van der Waals surface area (Å²) in [5.74, 6) is 2.40. The van der Waals surface area contributed by atoms with Crippen molar-refractivity contribution in [3.8, 4) is 12.3 Å². The Hall–Kier alpha value is -1.34. The highest BCUT2D eigenvalue weighted by atomic mass is 32.5. The van der Waals surface area contributed by atoms with Crippen LogP contribution in [0.15, 0.2) is 35.5 Å². The lowest BCUT2D eigenvalue weighted by molar-refractivity contribution is 0.173. The molecule has 1 atom stereocenters. The molecule has 0 saturated carbocycles. The number of hydrogen-bond donors (Lipinski definition) is 1. The van der Waals surface area contributed by atoms with Crippen molar-refractivity contribution in [2.24, 2.45) is 5.16 Å². The smallest absolute Gasteiger partial charge is 0.267 e. The molecule has 0 aliphatic carbocycles. The number of terminal acetylenes is 1. The molecule has 1 N–H and O–H groups in total. The molecular weight excluding hydrogens is 257 g/mol. The maximum Gasteiger partial charge on any atom is 0.267 e. The Bertz CT molecular complexity index is 481. The topological polar surface area (TPSA) is 51.0 Å².